The maximum absolute atomic E-state index is 12.1. The monoisotopic (exact) mass is 246 g/mol. The van der Waals surface area contributed by atoms with Gasteiger partial charge in [0.2, 0.25) is 0 Å². The molecular weight excluding hydrogens is 224 g/mol. The summed E-state index contributed by atoms with van der Waals surface area (Å²) in [4.78, 5) is 20.9. The lowest BCUT2D eigenvalue weighted by Crippen LogP contribution is -2.23. The van der Waals surface area contributed by atoms with Crippen LogP contribution in [0, 0.1) is 5.41 Å². The third-order valence-corrected chi connectivity index (χ3v) is 3.63. The molecule has 3 nitrogen and oxygen atoms in total. The molecule has 3 heteroatoms. The average molecular weight is 246 g/mol. The van der Waals surface area contributed by atoms with Crippen LogP contribution in [0.1, 0.15) is 57.0 Å². The second kappa shape index (κ2) is 5.17. The third-order valence-electron chi connectivity index (χ3n) is 3.63. The van der Waals surface area contributed by atoms with Crippen LogP contribution in [0.25, 0.3) is 0 Å². The van der Waals surface area contributed by atoms with Gasteiger partial charge in [-0.05, 0) is 31.2 Å². The van der Waals surface area contributed by atoms with Gasteiger partial charge in [0.25, 0.3) is 0 Å². The van der Waals surface area contributed by atoms with E-state index in [1.165, 1.54) is 30.5 Å². The van der Waals surface area contributed by atoms with E-state index in [2.05, 4.69) is 9.97 Å². The van der Waals surface area contributed by atoms with E-state index in [1.807, 2.05) is 20.8 Å². The first kappa shape index (κ1) is 13.2. The van der Waals surface area contributed by atoms with Gasteiger partial charge in [-0.2, -0.15) is 0 Å². The summed E-state index contributed by atoms with van der Waals surface area (Å²) in [6.45, 7) is 5.90. The fourth-order valence-corrected chi connectivity index (χ4v) is 2.34. The lowest BCUT2D eigenvalue weighted by Gasteiger charge is -2.17. The zero-order valence-corrected chi connectivity index (χ0v) is 11.6. The summed E-state index contributed by atoms with van der Waals surface area (Å²) in [5, 5.41) is 0. The van der Waals surface area contributed by atoms with Crippen molar-refractivity contribution in [2.45, 2.75) is 59.3 Å². The lowest BCUT2D eigenvalue weighted by molar-refractivity contribution is -0.125. The van der Waals surface area contributed by atoms with Crippen LogP contribution in [0.5, 0.6) is 0 Å². The Labute approximate surface area is 109 Å². The highest BCUT2D eigenvalue weighted by Crippen LogP contribution is 2.23. The summed E-state index contributed by atoms with van der Waals surface area (Å²) in [5.41, 5.74) is 3.08. The van der Waals surface area contributed by atoms with Gasteiger partial charge in [-0.1, -0.05) is 27.2 Å². The molecule has 0 spiro atoms. The molecule has 0 aliphatic heterocycles. The zero-order valence-electron chi connectivity index (χ0n) is 11.6. The first-order valence-electron chi connectivity index (χ1n) is 6.83. The van der Waals surface area contributed by atoms with E-state index < -0.39 is 0 Å². The molecule has 1 heterocycles. The number of Topliss-reactive ketones (excluding diaryl/α,β-unsaturated/α-hetero) is 1. The average Bonchev–Trinajstić information content (AvgIpc) is 2.53. The molecule has 2 rings (SSSR count). The number of carbonyl (C=O) groups is 1. The van der Waals surface area contributed by atoms with Crippen LogP contribution in [0.15, 0.2) is 6.33 Å². The molecule has 0 radical (unpaired) electrons. The molecule has 0 bridgehead atoms. The van der Waals surface area contributed by atoms with Crippen molar-refractivity contribution < 1.29 is 4.79 Å². The van der Waals surface area contributed by atoms with Gasteiger partial charge in [0.15, 0.2) is 0 Å². The number of aromatic nitrogens is 2. The molecule has 18 heavy (non-hydrogen) atoms. The Balaban J connectivity index is 2.26. The second-order valence-corrected chi connectivity index (χ2v) is 6.16. The molecule has 0 saturated heterocycles. The number of ketones is 1. The highest BCUT2D eigenvalue weighted by Gasteiger charge is 2.24. The first-order valence-corrected chi connectivity index (χ1v) is 6.83. The standard InChI is InChI=1S/C15H22N2O/c1-15(2,3)14(18)9-13-11-7-5-4-6-8-12(11)16-10-17-13/h10H,4-9H2,1-3H3. The molecule has 0 unspecified atom stereocenters. The van der Waals surface area contributed by atoms with Crippen LogP contribution < -0.4 is 0 Å². The SMILES string of the molecule is CC(C)(C)C(=O)Cc1ncnc2c1CCCCC2. The molecule has 1 aromatic rings. The summed E-state index contributed by atoms with van der Waals surface area (Å²) in [5.74, 6) is 0.257. The summed E-state index contributed by atoms with van der Waals surface area (Å²) in [6, 6.07) is 0. The minimum absolute atomic E-state index is 0.257. The van der Waals surface area contributed by atoms with Crippen molar-refractivity contribution in [3.8, 4) is 0 Å². The molecular formula is C15H22N2O. The van der Waals surface area contributed by atoms with Crippen LogP contribution in [0.4, 0.5) is 0 Å². The maximum Gasteiger partial charge on any atom is 0.144 e. The largest absolute Gasteiger partial charge is 0.299 e. The number of rotatable bonds is 2. The fourth-order valence-electron chi connectivity index (χ4n) is 2.34. The number of carbonyl (C=O) groups excluding carboxylic acids is 1. The van der Waals surface area contributed by atoms with E-state index in [1.54, 1.807) is 6.33 Å². The number of aryl methyl sites for hydroxylation is 1. The molecule has 0 fully saturated rings. The van der Waals surface area contributed by atoms with Crippen molar-refractivity contribution in [1.29, 1.82) is 0 Å². The zero-order chi connectivity index (χ0) is 13.2. The molecule has 0 N–H and O–H groups in total. The highest BCUT2D eigenvalue weighted by molar-refractivity contribution is 5.85. The molecule has 0 amide bonds. The number of nitrogens with zero attached hydrogens (tertiary/aromatic N) is 2. The topological polar surface area (TPSA) is 42.9 Å². The number of fused-ring (bicyclic) bond motifs is 1. The first-order chi connectivity index (χ1) is 8.48. The summed E-state index contributed by atoms with van der Waals surface area (Å²) in [6.07, 6.45) is 7.79. The van der Waals surface area contributed by atoms with Gasteiger partial charge in [0.05, 0.1) is 5.69 Å². The predicted molar refractivity (Wildman–Crippen MR) is 71.5 cm³/mol. The van der Waals surface area contributed by atoms with Crippen LogP contribution in [-0.2, 0) is 24.1 Å². The quantitative estimate of drug-likeness (QED) is 0.754. The van der Waals surface area contributed by atoms with E-state index in [0.29, 0.717) is 6.42 Å². The van der Waals surface area contributed by atoms with Crippen LogP contribution in [0.3, 0.4) is 0 Å². The van der Waals surface area contributed by atoms with Crippen LogP contribution in [0.2, 0.25) is 0 Å². The molecule has 98 valence electrons. The Morgan fingerprint density at radius 1 is 1.17 bits per heavy atom. The van der Waals surface area contributed by atoms with Crippen molar-refractivity contribution in [3.63, 3.8) is 0 Å². The van der Waals surface area contributed by atoms with Crippen molar-refractivity contribution in [2.24, 2.45) is 5.41 Å². The molecule has 1 aliphatic carbocycles. The van der Waals surface area contributed by atoms with Crippen molar-refractivity contribution >= 4 is 5.78 Å². The van der Waals surface area contributed by atoms with Gasteiger partial charge in [-0.15, -0.1) is 0 Å². The summed E-state index contributed by atoms with van der Waals surface area (Å²) in [7, 11) is 0. The Morgan fingerprint density at radius 3 is 2.61 bits per heavy atom. The van der Waals surface area contributed by atoms with Gasteiger partial charge >= 0.3 is 0 Å². The maximum atomic E-state index is 12.1. The predicted octanol–water partition coefficient (Wildman–Crippen LogP) is 2.90. The normalized spacial score (nSPS) is 15.9. The van der Waals surface area contributed by atoms with Crippen molar-refractivity contribution in [1.82, 2.24) is 9.97 Å². The minimum Gasteiger partial charge on any atom is -0.299 e. The third kappa shape index (κ3) is 2.95. The molecule has 1 aromatic heterocycles. The molecule has 0 atom stereocenters. The highest BCUT2D eigenvalue weighted by atomic mass is 16.1. The van der Waals surface area contributed by atoms with E-state index in [9.17, 15) is 4.79 Å². The van der Waals surface area contributed by atoms with Crippen molar-refractivity contribution in [2.75, 3.05) is 0 Å². The second-order valence-electron chi connectivity index (χ2n) is 6.16. The summed E-state index contributed by atoms with van der Waals surface area (Å²) < 4.78 is 0. The van der Waals surface area contributed by atoms with Gasteiger partial charge in [0, 0.05) is 17.5 Å². The van der Waals surface area contributed by atoms with E-state index in [-0.39, 0.29) is 11.2 Å². The Morgan fingerprint density at radius 2 is 1.89 bits per heavy atom. The Kier molecular flexibility index (Phi) is 3.79. The lowest BCUT2D eigenvalue weighted by atomic mass is 9.87. The van der Waals surface area contributed by atoms with Gasteiger partial charge < -0.3 is 0 Å². The van der Waals surface area contributed by atoms with E-state index in [0.717, 1.165) is 18.5 Å². The van der Waals surface area contributed by atoms with Crippen LogP contribution >= 0.6 is 0 Å². The van der Waals surface area contributed by atoms with Gasteiger partial charge in [-0.25, -0.2) is 9.97 Å². The fraction of sp³-hybridized carbons (Fsp3) is 0.667. The molecule has 1 aliphatic rings. The van der Waals surface area contributed by atoms with Crippen LogP contribution in [-0.4, -0.2) is 15.8 Å². The summed E-state index contributed by atoms with van der Waals surface area (Å²) >= 11 is 0. The van der Waals surface area contributed by atoms with Crippen molar-refractivity contribution in [3.05, 3.63) is 23.3 Å². The smallest absolute Gasteiger partial charge is 0.144 e. The molecule has 0 aromatic carbocycles. The Bertz CT molecular complexity index is 446. The Hall–Kier alpha value is -1.25. The number of hydrogen-bond acceptors (Lipinski definition) is 3. The number of hydrogen-bond donors (Lipinski definition) is 0. The minimum atomic E-state index is -0.289. The van der Waals surface area contributed by atoms with Gasteiger partial charge in [-0.3, -0.25) is 4.79 Å². The van der Waals surface area contributed by atoms with Gasteiger partial charge in [0.1, 0.15) is 12.1 Å². The van der Waals surface area contributed by atoms with E-state index in [4.69, 9.17) is 0 Å². The van der Waals surface area contributed by atoms with E-state index >= 15 is 0 Å². The molecule has 0 saturated carbocycles.